The summed E-state index contributed by atoms with van der Waals surface area (Å²) < 4.78 is 0. The van der Waals surface area contributed by atoms with E-state index in [-0.39, 0.29) is 5.91 Å². The lowest BCUT2D eigenvalue weighted by Gasteiger charge is -2.12. The molecule has 0 aromatic heterocycles. The molecule has 0 spiro atoms. The second-order valence-corrected chi connectivity index (χ2v) is 4.72. The number of amides is 1. The van der Waals surface area contributed by atoms with Crippen LogP contribution in [0.4, 0.5) is 5.69 Å². The Bertz CT molecular complexity index is 386. The van der Waals surface area contributed by atoms with Crippen LogP contribution in [0.3, 0.4) is 0 Å². The molecule has 3 nitrogen and oxygen atoms in total. The van der Waals surface area contributed by atoms with Crippen LogP contribution >= 0.6 is 0 Å². The zero-order chi connectivity index (χ0) is 12.8. The number of carbonyl (C=O) groups is 1. The summed E-state index contributed by atoms with van der Waals surface area (Å²) in [5.41, 5.74) is 2.92. The Morgan fingerprint density at radius 1 is 1.35 bits per heavy atom. The summed E-state index contributed by atoms with van der Waals surface area (Å²) >= 11 is 0. The van der Waals surface area contributed by atoms with Gasteiger partial charge in [0.15, 0.2) is 0 Å². The van der Waals surface area contributed by atoms with Crippen molar-refractivity contribution in [2.75, 3.05) is 18.9 Å². The molecule has 0 fully saturated rings. The van der Waals surface area contributed by atoms with Crippen LogP contribution in [-0.2, 0) is 0 Å². The second kappa shape index (κ2) is 6.28. The molecule has 0 aliphatic carbocycles. The van der Waals surface area contributed by atoms with Crippen LogP contribution in [0.1, 0.15) is 36.2 Å². The van der Waals surface area contributed by atoms with Gasteiger partial charge in [0.2, 0.25) is 0 Å². The van der Waals surface area contributed by atoms with Gasteiger partial charge in [0.1, 0.15) is 0 Å². The van der Waals surface area contributed by atoms with E-state index in [1.807, 2.05) is 25.1 Å². The number of rotatable bonds is 5. The third-order valence-corrected chi connectivity index (χ3v) is 2.76. The molecule has 0 saturated heterocycles. The van der Waals surface area contributed by atoms with Crippen LogP contribution < -0.4 is 10.6 Å². The van der Waals surface area contributed by atoms with Gasteiger partial charge in [0.05, 0.1) is 0 Å². The van der Waals surface area contributed by atoms with E-state index >= 15 is 0 Å². The third kappa shape index (κ3) is 4.10. The van der Waals surface area contributed by atoms with E-state index in [1.165, 1.54) is 5.56 Å². The van der Waals surface area contributed by atoms with Crippen LogP contribution in [-0.4, -0.2) is 19.5 Å². The van der Waals surface area contributed by atoms with Gasteiger partial charge in [-0.3, -0.25) is 4.79 Å². The van der Waals surface area contributed by atoms with Gasteiger partial charge in [-0.05, 0) is 37.0 Å². The molecule has 0 bridgehead atoms. The molecule has 1 amide bonds. The molecule has 0 saturated carbocycles. The van der Waals surface area contributed by atoms with Gasteiger partial charge < -0.3 is 10.6 Å². The van der Waals surface area contributed by atoms with Gasteiger partial charge in [-0.15, -0.1) is 0 Å². The highest BCUT2D eigenvalue weighted by molar-refractivity contribution is 5.95. The molecule has 0 radical (unpaired) electrons. The fourth-order valence-corrected chi connectivity index (χ4v) is 1.59. The van der Waals surface area contributed by atoms with E-state index in [9.17, 15) is 4.79 Å². The van der Waals surface area contributed by atoms with Crippen molar-refractivity contribution in [3.05, 3.63) is 29.3 Å². The molecule has 3 heteroatoms. The largest absolute Gasteiger partial charge is 0.385 e. The number of aryl methyl sites for hydroxylation is 1. The summed E-state index contributed by atoms with van der Waals surface area (Å²) in [6, 6.07) is 5.73. The highest BCUT2D eigenvalue weighted by Gasteiger charge is 2.06. The summed E-state index contributed by atoms with van der Waals surface area (Å²) in [7, 11) is 1.65. The Balaban J connectivity index is 2.73. The molecule has 0 heterocycles. The van der Waals surface area contributed by atoms with Gasteiger partial charge >= 0.3 is 0 Å². The molecule has 1 aromatic rings. The minimum atomic E-state index is -0.0445. The maximum absolute atomic E-state index is 11.5. The number of nitrogens with one attached hydrogen (secondary N) is 2. The van der Waals surface area contributed by atoms with Crippen molar-refractivity contribution >= 4 is 11.6 Å². The second-order valence-electron chi connectivity index (χ2n) is 4.72. The van der Waals surface area contributed by atoms with E-state index in [1.54, 1.807) is 7.05 Å². The maximum Gasteiger partial charge on any atom is 0.251 e. The van der Waals surface area contributed by atoms with Crippen molar-refractivity contribution in [2.24, 2.45) is 5.92 Å². The van der Waals surface area contributed by atoms with Gasteiger partial charge in [-0.1, -0.05) is 19.9 Å². The van der Waals surface area contributed by atoms with E-state index in [2.05, 4.69) is 24.5 Å². The summed E-state index contributed by atoms with van der Waals surface area (Å²) in [5, 5.41) is 6.02. The molecule has 17 heavy (non-hydrogen) atoms. The van der Waals surface area contributed by atoms with Gasteiger partial charge in [-0.25, -0.2) is 0 Å². The first-order valence-corrected chi connectivity index (χ1v) is 6.11. The van der Waals surface area contributed by atoms with E-state index in [4.69, 9.17) is 0 Å². The predicted molar refractivity (Wildman–Crippen MR) is 72.5 cm³/mol. The zero-order valence-corrected chi connectivity index (χ0v) is 11.1. The molecule has 0 atom stereocenters. The average Bonchev–Trinajstić information content (AvgIpc) is 2.30. The smallest absolute Gasteiger partial charge is 0.251 e. The summed E-state index contributed by atoms with van der Waals surface area (Å²) in [5.74, 6) is 0.641. The zero-order valence-electron chi connectivity index (χ0n) is 11.1. The van der Waals surface area contributed by atoms with Crippen LogP contribution in [0.2, 0.25) is 0 Å². The van der Waals surface area contributed by atoms with E-state index in [0.717, 1.165) is 18.7 Å². The SMILES string of the molecule is CNC(=O)c1ccc(C)c(NCCC(C)C)c1. The number of hydrogen-bond acceptors (Lipinski definition) is 2. The Labute approximate surface area is 104 Å². The first-order chi connectivity index (χ1) is 8.04. The topological polar surface area (TPSA) is 41.1 Å². The van der Waals surface area contributed by atoms with Crippen molar-refractivity contribution in [3.63, 3.8) is 0 Å². The van der Waals surface area contributed by atoms with Crippen LogP contribution in [0.15, 0.2) is 18.2 Å². The molecule has 2 N–H and O–H groups in total. The molecule has 0 unspecified atom stereocenters. The first kappa shape index (κ1) is 13.6. The molecule has 0 aliphatic heterocycles. The standard InChI is InChI=1S/C14H22N2O/c1-10(2)7-8-16-13-9-12(14(17)15-4)6-5-11(13)3/h5-6,9-10,16H,7-8H2,1-4H3,(H,15,17). The number of carbonyl (C=O) groups excluding carboxylic acids is 1. The Hall–Kier alpha value is -1.51. The van der Waals surface area contributed by atoms with Crippen LogP contribution in [0.5, 0.6) is 0 Å². The summed E-state index contributed by atoms with van der Waals surface area (Å²) in [6.45, 7) is 7.39. The van der Waals surface area contributed by atoms with Gasteiger partial charge in [0.25, 0.3) is 5.91 Å². The molecule has 1 rings (SSSR count). The predicted octanol–water partition coefficient (Wildman–Crippen LogP) is 2.81. The Morgan fingerprint density at radius 2 is 2.06 bits per heavy atom. The lowest BCUT2D eigenvalue weighted by molar-refractivity contribution is 0.0963. The van der Waals surface area contributed by atoms with Crippen molar-refractivity contribution in [1.29, 1.82) is 0 Å². The first-order valence-electron chi connectivity index (χ1n) is 6.11. The third-order valence-electron chi connectivity index (χ3n) is 2.76. The fourth-order valence-electron chi connectivity index (χ4n) is 1.59. The van der Waals surface area contributed by atoms with Crippen LogP contribution in [0.25, 0.3) is 0 Å². The summed E-state index contributed by atoms with van der Waals surface area (Å²) in [6.07, 6.45) is 1.13. The number of benzene rings is 1. The minimum Gasteiger partial charge on any atom is -0.385 e. The van der Waals surface area contributed by atoms with Crippen LogP contribution in [0, 0.1) is 12.8 Å². The highest BCUT2D eigenvalue weighted by atomic mass is 16.1. The van der Waals surface area contributed by atoms with Gasteiger partial charge in [-0.2, -0.15) is 0 Å². The summed E-state index contributed by atoms with van der Waals surface area (Å²) in [4.78, 5) is 11.5. The van der Waals surface area contributed by atoms with Crippen molar-refractivity contribution in [3.8, 4) is 0 Å². The molecular weight excluding hydrogens is 212 g/mol. The molecule has 0 aliphatic rings. The highest BCUT2D eigenvalue weighted by Crippen LogP contribution is 2.17. The van der Waals surface area contributed by atoms with Crippen molar-refractivity contribution in [1.82, 2.24) is 5.32 Å². The lowest BCUT2D eigenvalue weighted by atomic mass is 10.1. The molecular formula is C14H22N2O. The monoisotopic (exact) mass is 234 g/mol. The Kier molecular flexibility index (Phi) is 5.01. The maximum atomic E-state index is 11.5. The quantitative estimate of drug-likeness (QED) is 0.822. The number of anilines is 1. The number of hydrogen-bond donors (Lipinski definition) is 2. The van der Waals surface area contributed by atoms with E-state index in [0.29, 0.717) is 11.5 Å². The lowest BCUT2D eigenvalue weighted by Crippen LogP contribution is -2.18. The van der Waals surface area contributed by atoms with Gasteiger partial charge in [0, 0.05) is 24.8 Å². The average molecular weight is 234 g/mol. The fraction of sp³-hybridized carbons (Fsp3) is 0.500. The molecule has 94 valence electrons. The molecule has 1 aromatic carbocycles. The minimum absolute atomic E-state index is 0.0445. The van der Waals surface area contributed by atoms with Crippen molar-refractivity contribution < 1.29 is 4.79 Å². The normalized spacial score (nSPS) is 10.4. The van der Waals surface area contributed by atoms with Crippen molar-refractivity contribution in [2.45, 2.75) is 27.2 Å². The Morgan fingerprint density at radius 3 is 2.65 bits per heavy atom. The van der Waals surface area contributed by atoms with E-state index < -0.39 is 0 Å².